The van der Waals surface area contributed by atoms with Gasteiger partial charge in [0.15, 0.2) is 0 Å². The Morgan fingerprint density at radius 2 is 2.07 bits per heavy atom. The number of carbonyl (C=O) groups is 1. The molecule has 0 bridgehead atoms. The fourth-order valence-electron chi connectivity index (χ4n) is 1.36. The van der Waals surface area contributed by atoms with Crippen LogP contribution < -0.4 is 15.8 Å². The number of anilines is 1. The van der Waals surface area contributed by atoms with Crippen LogP contribution in [0.5, 0.6) is 0 Å². The van der Waals surface area contributed by atoms with Gasteiger partial charge >= 0.3 is 6.03 Å². The lowest BCUT2D eigenvalue weighted by Crippen LogP contribution is -2.38. The summed E-state index contributed by atoms with van der Waals surface area (Å²) in [6.45, 7) is 0. The molecule has 14 heavy (non-hydrogen) atoms. The van der Waals surface area contributed by atoms with Gasteiger partial charge in [-0.3, -0.25) is 10.3 Å². The first-order valence-electron chi connectivity index (χ1n) is 4.25. The average molecular weight is 193 g/mol. The van der Waals surface area contributed by atoms with Crippen LogP contribution in [-0.2, 0) is 4.74 Å². The van der Waals surface area contributed by atoms with Gasteiger partial charge in [-0.2, -0.15) is 5.43 Å². The van der Waals surface area contributed by atoms with Gasteiger partial charge in [-0.05, 0) is 12.1 Å². The van der Waals surface area contributed by atoms with Crippen molar-refractivity contribution in [1.82, 2.24) is 10.9 Å². The lowest BCUT2D eigenvalue weighted by atomic mass is 10.3. The zero-order valence-corrected chi connectivity index (χ0v) is 7.73. The Kier molecular flexibility index (Phi) is 2.34. The molecule has 74 valence electrons. The molecule has 0 aliphatic carbocycles. The molecule has 0 saturated carbocycles. The van der Waals surface area contributed by atoms with E-state index in [0.717, 1.165) is 5.69 Å². The lowest BCUT2D eigenvalue weighted by Gasteiger charge is -2.20. The van der Waals surface area contributed by atoms with Crippen LogP contribution in [0.4, 0.5) is 10.5 Å². The third kappa shape index (κ3) is 1.43. The van der Waals surface area contributed by atoms with Gasteiger partial charge in [0.05, 0.1) is 0 Å². The first kappa shape index (κ1) is 8.98. The van der Waals surface area contributed by atoms with Gasteiger partial charge in [0, 0.05) is 12.8 Å². The topological polar surface area (TPSA) is 53.6 Å². The number of nitrogens with one attached hydrogen (secondary N) is 2. The zero-order chi connectivity index (χ0) is 9.97. The molecule has 0 radical (unpaired) electrons. The fourth-order valence-corrected chi connectivity index (χ4v) is 1.36. The highest BCUT2D eigenvalue weighted by atomic mass is 16.5. The van der Waals surface area contributed by atoms with E-state index in [1.807, 2.05) is 30.3 Å². The molecule has 0 aromatic heterocycles. The Morgan fingerprint density at radius 3 is 2.71 bits per heavy atom. The molecule has 0 spiro atoms. The van der Waals surface area contributed by atoms with Crippen LogP contribution in [0.2, 0.25) is 0 Å². The number of carbonyl (C=O) groups excluding carboxylic acids is 1. The molecule has 1 aliphatic heterocycles. The summed E-state index contributed by atoms with van der Waals surface area (Å²) in [4.78, 5) is 12.9. The Labute approximate surface area is 81.6 Å². The molecule has 1 aliphatic rings. The summed E-state index contributed by atoms with van der Waals surface area (Å²) < 4.78 is 5.08. The number of nitrogens with zero attached hydrogens (tertiary/aromatic N) is 1. The first-order valence-corrected chi connectivity index (χ1v) is 4.25. The van der Waals surface area contributed by atoms with Crippen molar-refractivity contribution in [2.75, 3.05) is 12.0 Å². The van der Waals surface area contributed by atoms with E-state index in [4.69, 9.17) is 4.74 Å². The van der Waals surface area contributed by atoms with Gasteiger partial charge in [0.1, 0.15) is 0 Å². The van der Waals surface area contributed by atoms with Crippen LogP contribution in [0.15, 0.2) is 30.3 Å². The summed E-state index contributed by atoms with van der Waals surface area (Å²) in [5.41, 5.74) is 5.98. The van der Waals surface area contributed by atoms with Crippen molar-refractivity contribution in [1.29, 1.82) is 0 Å². The van der Waals surface area contributed by atoms with Crippen LogP contribution in [0.1, 0.15) is 0 Å². The molecule has 1 fully saturated rings. The van der Waals surface area contributed by atoms with Gasteiger partial charge in [-0.1, -0.05) is 18.2 Å². The monoisotopic (exact) mass is 193 g/mol. The number of rotatable bonds is 2. The summed E-state index contributed by atoms with van der Waals surface area (Å²) in [6.07, 6.45) is -0.454. The predicted octanol–water partition coefficient (Wildman–Crippen LogP) is 0.651. The summed E-state index contributed by atoms with van der Waals surface area (Å²) in [6, 6.07) is 9.11. The minimum Gasteiger partial charge on any atom is -0.347 e. The minimum atomic E-state index is -0.454. The second kappa shape index (κ2) is 3.65. The maximum atomic E-state index is 11.4. The summed E-state index contributed by atoms with van der Waals surface area (Å²) in [7, 11) is 1.54. The highest BCUT2D eigenvalue weighted by Gasteiger charge is 2.31. The number of urea groups is 1. The molecule has 1 saturated heterocycles. The van der Waals surface area contributed by atoms with Gasteiger partial charge in [-0.15, -0.1) is 0 Å². The summed E-state index contributed by atoms with van der Waals surface area (Å²) in [5.74, 6) is 0. The van der Waals surface area contributed by atoms with Crippen molar-refractivity contribution in [3.63, 3.8) is 0 Å². The second-order valence-electron chi connectivity index (χ2n) is 2.87. The molecule has 1 aromatic carbocycles. The Morgan fingerprint density at radius 1 is 1.36 bits per heavy atom. The molecule has 5 nitrogen and oxygen atoms in total. The van der Waals surface area contributed by atoms with Gasteiger partial charge < -0.3 is 4.74 Å². The third-order valence-electron chi connectivity index (χ3n) is 2.01. The molecular weight excluding hydrogens is 182 g/mol. The molecule has 2 amide bonds. The summed E-state index contributed by atoms with van der Waals surface area (Å²) in [5, 5.41) is 0. The van der Waals surface area contributed by atoms with Gasteiger partial charge in [-0.25, -0.2) is 4.79 Å². The smallest absolute Gasteiger partial charge is 0.339 e. The Bertz CT molecular complexity index is 328. The van der Waals surface area contributed by atoms with Crippen molar-refractivity contribution in [3.05, 3.63) is 30.3 Å². The number of amides is 2. The normalized spacial score (nSPS) is 21.1. The Hall–Kier alpha value is -1.59. The fraction of sp³-hybridized carbons (Fsp3) is 0.222. The van der Waals surface area contributed by atoms with Gasteiger partial charge in [0.25, 0.3) is 0 Å². The van der Waals surface area contributed by atoms with E-state index in [-0.39, 0.29) is 6.03 Å². The number of hydrogen-bond donors (Lipinski definition) is 2. The number of hydrazine groups is 1. The molecular formula is C9H11N3O2. The second-order valence-corrected chi connectivity index (χ2v) is 2.87. The van der Waals surface area contributed by atoms with E-state index in [0.29, 0.717) is 0 Å². The number of methoxy groups -OCH3 is 1. The van der Waals surface area contributed by atoms with E-state index in [9.17, 15) is 4.79 Å². The molecule has 2 rings (SSSR count). The predicted molar refractivity (Wildman–Crippen MR) is 51.4 cm³/mol. The maximum Gasteiger partial charge on any atom is 0.339 e. The maximum absolute atomic E-state index is 11.4. The SMILES string of the molecule is COC1NNC(=O)N1c1ccccc1. The van der Waals surface area contributed by atoms with Gasteiger partial charge in [0.2, 0.25) is 6.35 Å². The van der Waals surface area contributed by atoms with Crippen LogP contribution in [0.25, 0.3) is 0 Å². The quantitative estimate of drug-likeness (QED) is 0.725. The van der Waals surface area contributed by atoms with Crippen LogP contribution >= 0.6 is 0 Å². The molecule has 1 heterocycles. The molecule has 2 N–H and O–H groups in total. The number of ether oxygens (including phenoxy) is 1. The van der Waals surface area contributed by atoms with Crippen LogP contribution in [0, 0.1) is 0 Å². The van der Waals surface area contributed by atoms with Crippen LogP contribution in [-0.4, -0.2) is 19.5 Å². The van der Waals surface area contributed by atoms with E-state index in [1.54, 1.807) is 0 Å². The van der Waals surface area contributed by atoms with E-state index >= 15 is 0 Å². The standard InChI is InChI=1S/C9H11N3O2/c1-14-9-11-10-8(13)12(9)7-5-3-2-4-6-7/h2-6,9,11H,1H3,(H,10,13). The highest BCUT2D eigenvalue weighted by molar-refractivity contribution is 5.93. The van der Waals surface area contributed by atoms with Crippen molar-refractivity contribution < 1.29 is 9.53 Å². The lowest BCUT2D eigenvalue weighted by molar-refractivity contribution is 0.0884. The highest BCUT2D eigenvalue weighted by Crippen LogP contribution is 2.17. The van der Waals surface area contributed by atoms with Crippen molar-refractivity contribution in [2.24, 2.45) is 0 Å². The molecule has 1 aromatic rings. The number of para-hydroxylation sites is 1. The molecule has 1 atom stereocenters. The van der Waals surface area contributed by atoms with Crippen molar-refractivity contribution >= 4 is 11.7 Å². The van der Waals surface area contributed by atoms with E-state index in [1.165, 1.54) is 12.0 Å². The van der Waals surface area contributed by atoms with Crippen molar-refractivity contribution in [2.45, 2.75) is 6.35 Å². The van der Waals surface area contributed by atoms with Crippen LogP contribution in [0.3, 0.4) is 0 Å². The Balaban J connectivity index is 2.28. The largest absolute Gasteiger partial charge is 0.347 e. The number of hydrogen-bond acceptors (Lipinski definition) is 3. The number of benzene rings is 1. The molecule has 1 unspecified atom stereocenters. The van der Waals surface area contributed by atoms with E-state index in [2.05, 4.69) is 10.9 Å². The summed E-state index contributed by atoms with van der Waals surface area (Å²) >= 11 is 0. The first-order chi connectivity index (χ1) is 6.83. The molecule has 5 heteroatoms. The minimum absolute atomic E-state index is 0.219. The van der Waals surface area contributed by atoms with E-state index < -0.39 is 6.35 Å². The zero-order valence-electron chi connectivity index (χ0n) is 7.73. The third-order valence-corrected chi connectivity index (χ3v) is 2.01. The average Bonchev–Trinajstić information content (AvgIpc) is 2.61. The van der Waals surface area contributed by atoms with Crippen molar-refractivity contribution in [3.8, 4) is 0 Å².